The minimum Gasteiger partial charge on any atom is -0.456 e. The molecule has 254 valence electrons. The SMILES string of the molecule is N#Cc1ccc2c3c(cccc13)Oc1cc(-c3ccc(-c4cc5c6ccccc6c(-c6cccc(-c7ccccc7)n6)cc5c5ccccc45)cc3)ccc1-2. The average molecular weight is 699 g/mol. The molecule has 1 aromatic heterocycles. The van der Waals surface area contributed by atoms with E-state index >= 15 is 0 Å². The van der Waals surface area contributed by atoms with Crippen LogP contribution in [-0.2, 0) is 0 Å². The molecule has 0 saturated carbocycles. The smallest absolute Gasteiger partial charge is 0.135 e. The zero-order valence-corrected chi connectivity index (χ0v) is 29.6. The van der Waals surface area contributed by atoms with Crippen LogP contribution in [0, 0.1) is 11.3 Å². The number of aromatic nitrogens is 1. The summed E-state index contributed by atoms with van der Waals surface area (Å²) in [5, 5.41) is 18.9. The molecule has 1 aliphatic heterocycles. The number of nitrogens with zero attached hydrogens (tertiary/aromatic N) is 2. The summed E-state index contributed by atoms with van der Waals surface area (Å²) in [6.07, 6.45) is 0. The average Bonchev–Trinajstić information content (AvgIpc) is 3.26. The summed E-state index contributed by atoms with van der Waals surface area (Å²) in [5.74, 6) is 1.60. The number of ether oxygens (including phenoxy) is 1. The van der Waals surface area contributed by atoms with Gasteiger partial charge in [-0.3, -0.25) is 0 Å². The van der Waals surface area contributed by atoms with Crippen molar-refractivity contribution >= 4 is 43.1 Å². The molecule has 0 amide bonds. The molecule has 1 aliphatic rings. The second kappa shape index (κ2) is 12.3. The first kappa shape index (κ1) is 31.0. The van der Waals surface area contributed by atoms with Crippen LogP contribution >= 0.6 is 0 Å². The lowest BCUT2D eigenvalue weighted by molar-refractivity contribution is 0.487. The van der Waals surface area contributed by atoms with Crippen molar-refractivity contribution in [2.24, 2.45) is 0 Å². The predicted octanol–water partition coefficient (Wildman–Crippen LogP) is 14.0. The highest BCUT2D eigenvalue weighted by molar-refractivity contribution is 6.23. The van der Waals surface area contributed by atoms with Gasteiger partial charge in [-0.2, -0.15) is 5.26 Å². The Bertz CT molecular complexity index is 3230. The molecule has 0 radical (unpaired) electrons. The van der Waals surface area contributed by atoms with E-state index in [0.29, 0.717) is 5.56 Å². The standard InChI is InChI=1S/C52H30N2O/c53-31-36-25-27-43-42-26-24-35(28-51(42)55-50-19-8-16-37(36)52(43)50)32-20-22-33(23-21-32)44-29-45-40-14-6-7-15-41(40)47(30-46(45)39-13-5-4-12-38(39)44)49-18-9-17-48(54-49)34-10-2-1-3-11-34/h1-30H. The highest BCUT2D eigenvalue weighted by atomic mass is 16.5. The predicted molar refractivity (Wildman–Crippen MR) is 226 cm³/mol. The normalized spacial score (nSPS) is 11.8. The van der Waals surface area contributed by atoms with Crippen molar-refractivity contribution < 1.29 is 4.74 Å². The Morgan fingerprint density at radius 2 is 0.964 bits per heavy atom. The molecule has 0 aliphatic carbocycles. The number of rotatable bonds is 4. The van der Waals surface area contributed by atoms with Crippen molar-refractivity contribution in [1.82, 2.24) is 4.98 Å². The summed E-state index contributed by atoms with van der Waals surface area (Å²) >= 11 is 0. The second-order valence-corrected chi connectivity index (χ2v) is 14.2. The molecule has 0 unspecified atom stereocenters. The van der Waals surface area contributed by atoms with E-state index in [4.69, 9.17) is 9.72 Å². The van der Waals surface area contributed by atoms with Crippen molar-refractivity contribution in [2.75, 3.05) is 0 Å². The van der Waals surface area contributed by atoms with Gasteiger partial charge in [0.25, 0.3) is 0 Å². The Morgan fingerprint density at radius 3 is 1.73 bits per heavy atom. The Morgan fingerprint density at radius 1 is 0.364 bits per heavy atom. The molecule has 0 fully saturated rings. The summed E-state index contributed by atoms with van der Waals surface area (Å²) in [6.45, 7) is 0. The Balaban J connectivity index is 1.01. The van der Waals surface area contributed by atoms with E-state index in [1.54, 1.807) is 0 Å². The third kappa shape index (κ3) is 4.93. The lowest BCUT2D eigenvalue weighted by Crippen LogP contribution is -1.98. The number of hydrogen-bond acceptors (Lipinski definition) is 3. The van der Waals surface area contributed by atoms with Crippen LogP contribution in [0.2, 0.25) is 0 Å². The monoisotopic (exact) mass is 698 g/mol. The van der Waals surface area contributed by atoms with Gasteiger partial charge in [0.2, 0.25) is 0 Å². The summed E-state index contributed by atoms with van der Waals surface area (Å²) in [4.78, 5) is 5.18. The fourth-order valence-electron chi connectivity index (χ4n) is 8.51. The maximum Gasteiger partial charge on any atom is 0.135 e. The van der Waals surface area contributed by atoms with Gasteiger partial charge in [-0.05, 0) is 109 Å². The van der Waals surface area contributed by atoms with Crippen LogP contribution in [0.4, 0.5) is 0 Å². The minimum atomic E-state index is 0.656. The van der Waals surface area contributed by atoms with Crippen LogP contribution in [-0.4, -0.2) is 4.98 Å². The van der Waals surface area contributed by atoms with Gasteiger partial charge in [-0.25, -0.2) is 4.98 Å². The lowest BCUT2D eigenvalue weighted by atomic mass is 9.88. The van der Waals surface area contributed by atoms with Crippen molar-refractivity contribution in [3.63, 3.8) is 0 Å². The maximum absolute atomic E-state index is 9.69. The summed E-state index contributed by atoms with van der Waals surface area (Å²) in [5.41, 5.74) is 11.5. The van der Waals surface area contributed by atoms with Crippen LogP contribution in [0.25, 0.3) is 99.0 Å². The van der Waals surface area contributed by atoms with Gasteiger partial charge < -0.3 is 4.74 Å². The van der Waals surface area contributed by atoms with Crippen LogP contribution in [0.15, 0.2) is 182 Å². The van der Waals surface area contributed by atoms with E-state index < -0.39 is 0 Å². The maximum atomic E-state index is 9.69. The van der Waals surface area contributed by atoms with Crippen LogP contribution in [0.1, 0.15) is 5.56 Å². The van der Waals surface area contributed by atoms with Crippen molar-refractivity contribution in [3.8, 4) is 73.5 Å². The summed E-state index contributed by atoms with van der Waals surface area (Å²) < 4.78 is 6.48. The van der Waals surface area contributed by atoms with E-state index in [9.17, 15) is 5.26 Å². The highest BCUT2D eigenvalue weighted by Gasteiger charge is 2.22. The molecular weight excluding hydrogens is 669 g/mol. The Kier molecular flexibility index (Phi) is 6.92. The van der Waals surface area contributed by atoms with Gasteiger partial charge in [0.1, 0.15) is 11.5 Å². The van der Waals surface area contributed by atoms with E-state index in [2.05, 4.69) is 152 Å². The van der Waals surface area contributed by atoms with Gasteiger partial charge in [0, 0.05) is 27.5 Å². The first-order valence-electron chi connectivity index (χ1n) is 18.5. The second-order valence-electron chi connectivity index (χ2n) is 14.2. The largest absolute Gasteiger partial charge is 0.456 e. The zero-order valence-electron chi connectivity index (χ0n) is 29.6. The fourth-order valence-corrected chi connectivity index (χ4v) is 8.51. The minimum absolute atomic E-state index is 0.656. The highest BCUT2D eigenvalue weighted by Crippen LogP contribution is 2.48. The molecule has 0 bridgehead atoms. The Labute approximate surface area is 318 Å². The fraction of sp³-hybridized carbons (Fsp3) is 0. The third-order valence-electron chi connectivity index (χ3n) is 11.1. The van der Waals surface area contributed by atoms with Crippen LogP contribution in [0.3, 0.4) is 0 Å². The van der Waals surface area contributed by atoms with E-state index in [1.165, 1.54) is 37.9 Å². The molecule has 55 heavy (non-hydrogen) atoms. The lowest BCUT2D eigenvalue weighted by Gasteiger charge is -2.22. The van der Waals surface area contributed by atoms with Crippen molar-refractivity contribution in [2.45, 2.75) is 0 Å². The molecule has 0 spiro atoms. The molecule has 9 aromatic carbocycles. The van der Waals surface area contributed by atoms with Gasteiger partial charge in [0.15, 0.2) is 0 Å². The van der Waals surface area contributed by atoms with Crippen molar-refractivity contribution in [3.05, 3.63) is 188 Å². The molecule has 3 heteroatoms. The number of nitriles is 1. The van der Waals surface area contributed by atoms with Gasteiger partial charge >= 0.3 is 0 Å². The van der Waals surface area contributed by atoms with Crippen LogP contribution < -0.4 is 4.74 Å². The molecule has 10 aromatic rings. The molecule has 2 heterocycles. The number of hydrogen-bond donors (Lipinski definition) is 0. The number of fused-ring (bicyclic) bond motifs is 7. The van der Waals surface area contributed by atoms with Crippen LogP contribution in [0.5, 0.6) is 11.5 Å². The zero-order chi connectivity index (χ0) is 36.5. The molecule has 0 atom stereocenters. The molecule has 11 rings (SSSR count). The first-order chi connectivity index (χ1) is 27.2. The molecule has 3 nitrogen and oxygen atoms in total. The first-order valence-corrected chi connectivity index (χ1v) is 18.5. The quantitative estimate of drug-likeness (QED) is 0.172. The van der Waals surface area contributed by atoms with E-state index in [-0.39, 0.29) is 0 Å². The van der Waals surface area contributed by atoms with Gasteiger partial charge in [0.05, 0.1) is 23.0 Å². The number of pyridine rings is 1. The third-order valence-corrected chi connectivity index (χ3v) is 11.1. The van der Waals surface area contributed by atoms with Gasteiger partial charge in [-0.1, -0.05) is 133 Å². The molecule has 0 N–H and O–H groups in total. The van der Waals surface area contributed by atoms with E-state index in [0.717, 1.165) is 72.6 Å². The van der Waals surface area contributed by atoms with Gasteiger partial charge in [-0.15, -0.1) is 0 Å². The molecular formula is C52H30N2O. The van der Waals surface area contributed by atoms with E-state index in [1.807, 2.05) is 36.4 Å². The number of benzene rings is 9. The Hall–Kier alpha value is -7.54. The summed E-state index contributed by atoms with van der Waals surface area (Å²) in [7, 11) is 0. The summed E-state index contributed by atoms with van der Waals surface area (Å²) in [6, 6.07) is 66.4. The topological polar surface area (TPSA) is 45.9 Å². The molecule has 0 saturated heterocycles. The van der Waals surface area contributed by atoms with Crippen molar-refractivity contribution in [1.29, 1.82) is 5.26 Å².